The van der Waals surface area contributed by atoms with Gasteiger partial charge in [-0.25, -0.2) is 4.39 Å². The minimum Gasteiger partial charge on any atom is -0.266 e. The molecule has 0 aliphatic heterocycles. The molecule has 1 heterocycles. The van der Waals surface area contributed by atoms with E-state index in [2.05, 4.69) is 18.9 Å². The van der Waals surface area contributed by atoms with Crippen molar-refractivity contribution in [2.24, 2.45) is 5.92 Å². The number of hydrogen-bond donors (Lipinski definition) is 0. The summed E-state index contributed by atoms with van der Waals surface area (Å²) in [6.45, 7) is 10.4. The molecule has 92 valence electrons. The quantitative estimate of drug-likeness (QED) is 0.752. The summed E-state index contributed by atoms with van der Waals surface area (Å²) in [5, 5.41) is 4.40. The predicted octanol–water partition coefficient (Wildman–Crippen LogP) is 3.45. The van der Waals surface area contributed by atoms with Crippen molar-refractivity contribution >= 4 is 0 Å². The van der Waals surface area contributed by atoms with Crippen molar-refractivity contribution in [2.45, 2.75) is 60.2 Å². The van der Waals surface area contributed by atoms with Crippen LogP contribution in [0.25, 0.3) is 0 Å². The van der Waals surface area contributed by atoms with E-state index in [0.717, 1.165) is 17.8 Å². The molecule has 1 aromatic rings. The average molecular weight is 226 g/mol. The van der Waals surface area contributed by atoms with Gasteiger partial charge in [-0.05, 0) is 45.1 Å². The maximum Gasteiger partial charge on any atom is 0.117 e. The minimum atomic E-state index is -0.837. The first-order valence-electron chi connectivity index (χ1n) is 6.08. The van der Waals surface area contributed by atoms with Crippen molar-refractivity contribution < 1.29 is 4.39 Å². The molecular formula is C13H23FN2. The summed E-state index contributed by atoms with van der Waals surface area (Å²) < 4.78 is 14.8. The molecule has 1 aromatic heterocycles. The van der Waals surface area contributed by atoms with Crippen LogP contribution in [0.4, 0.5) is 4.39 Å². The number of alkyl halides is 1. The molecular weight excluding hydrogens is 203 g/mol. The van der Waals surface area contributed by atoms with Crippen LogP contribution < -0.4 is 0 Å². The van der Waals surface area contributed by atoms with Gasteiger partial charge in [0.25, 0.3) is 0 Å². The van der Waals surface area contributed by atoms with Gasteiger partial charge in [-0.15, -0.1) is 0 Å². The maximum absolute atomic E-state index is 13.0. The topological polar surface area (TPSA) is 17.8 Å². The van der Waals surface area contributed by atoms with Gasteiger partial charge in [0.1, 0.15) is 6.17 Å². The van der Waals surface area contributed by atoms with Crippen molar-refractivity contribution in [1.29, 1.82) is 0 Å². The highest BCUT2D eigenvalue weighted by molar-refractivity contribution is 5.24. The highest BCUT2D eigenvalue weighted by atomic mass is 19.1. The van der Waals surface area contributed by atoms with Crippen LogP contribution in [0.3, 0.4) is 0 Å². The predicted molar refractivity (Wildman–Crippen MR) is 65.4 cm³/mol. The number of aryl methyl sites for hydroxylation is 1. The lowest BCUT2D eigenvalue weighted by atomic mass is 10.0. The maximum atomic E-state index is 13.0. The fraction of sp³-hybridized carbons (Fsp3) is 0.769. The first kappa shape index (κ1) is 13.2. The van der Waals surface area contributed by atoms with Crippen LogP contribution in [0.15, 0.2) is 0 Å². The zero-order valence-electron chi connectivity index (χ0n) is 11.0. The van der Waals surface area contributed by atoms with Crippen molar-refractivity contribution in [2.75, 3.05) is 0 Å². The van der Waals surface area contributed by atoms with Gasteiger partial charge in [-0.1, -0.05) is 13.8 Å². The lowest BCUT2D eigenvalue weighted by molar-refractivity contribution is 0.306. The summed E-state index contributed by atoms with van der Waals surface area (Å²) >= 11 is 0. The summed E-state index contributed by atoms with van der Waals surface area (Å²) in [6, 6.07) is 0. The zero-order valence-corrected chi connectivity index (χ0v) is 11.0. The monoisotopic (exact) mass is 226 g/mol. The summed E-state index contributed by atoms with van der Waals surface area (Å²) in [6.07, 6.45) is 1.38. The molecule has 0 bridgehead atoms. The summed E-state index contributed by atoms with van der Waals surface area (Å²) in [4.78, 5) is 0. The Morgan fingerprint density at radius 1 is 1.25 bits per heavy atom. The van der Waals surface area contributed by atoms with Gasteiger partial charge in [0, 0.05) is 5.69 Å². The van der Waals surface area contributed by atoms with E-state index in [1.165, 1.54) is 12.0 Å². The Hall–Kier alpha value is -0.860. The zero-order chi connectivity index (χ0) is 12.3. The number of nitrogens with zero attached hydrogens (tertiary/aromatic N) is 2. The van der Waals surface area contributed by atoms with Crippen molar-refractivity contribution in [3.63, 3.8) is 0 Å². The third-order valence-corrected chi connectivity index (χ3v) is 2.93. The second kappa shape index (κ2) is 5.46. The molecule has 1 atom stereocenters. The molecule has 1 unspecified atom stereocenters. The van der Waals surface area contributed by atoms with E-state index in [4.69, 9.17) is 0 Å². The second-order valence-corrected chi connectivity index (χ2v) is 5.04. The van der Waals surface area contributed by atoms with Crippen LogP contribution in [0.5, 0.6) is 0 Å². The molecule has 0 aromatic carbocycles. The first-order chi connectivity index (χ1) is 7.41. The van der Waals surface area contributed by atoms with E-state index in [0.29, 0.717) is 12.5 Å². The molecule has 0 radical (unpaired) electrons. The Morgan fingerprint density at radius 3 is 2.38 bits per heavy atom. The van der Waals surface area contributed by atoms with E-state index in [1.807, 2.05) is 13.8 Å². The summed E-state index contributed by atoms with van der Waals surface area (Å²) in [7, 11) is 0. The molecule has 3 heteroatoms. The molecule has 0 spiro atoms. The highest BCUT2D eigenvalue weighted by Crippen LogP contribution is 2.18. The van der Waals surface area contributed by atoms with Gasteiger partial charge in [0.05, 0.1) is 12.2 Å². The Labute approximate surface area is 97.9 Å². The highest BCUT2D eigenvalue weighted by Gasteiger charge is 2.13. The van der Waals surface area contributed by atoms with Gasteiger partial charge in [-0.3, -0.25) is 4.68 Å². The van der Waals surface area contributed by atoms with Crippen molar-refractivity contribution in [3.8, 4) is 0 Å². The van der Waals surface area contributed by atoms with Crippen LogP contribution in [0.1, 0.15) is 44.1 Å². The normalized spacial score (nSPS) is 13.4. The molecule has 0 saturated carbocycles. The fourth-order valence-corrected chi connectivity index (χ4v) is 1.94. The molecule has 16 heavy (non-hydrogen) atoms. The minimum absolute atomic E-state index is 0.369. The Balaban J connectivity index is 2.80. The Morgan fingerprint density at radius 2 is 1.88 bits per heavy atom. The van der Waals surface area contributed by atoms with Crippen LogP contribution in [-0.2, 0) is 13.0 Å². The summed E-state index contributed by atoms with van der Waals surface area (Å²) in [5.74, 6) is 0.697. The van der Waals surface area contributed by atoms with Gasteiger partial charge in [0.2, 0.25) is 0 Å². The smallest absolute Gasteiger partial charge is 0.117 e. The first-order valence-corrected chi connectivity index (χ1v) is 6.08. The van der Waals surface area contributed by atoms with E-state index in [1.54, 1.807) is 11.6 Å². The standard InChI is InChI=1S/C13H23FN2/c1-9(2)6-7-13-11(4)15-16(12(13)5)8-10(3)14/h9-10H,6-8H2,1-5H3. The molecule has 0 aliphatic carbocycles. The lowest BCUT2D eigenvalue weighted by Gasteiger charge is -2.07. The molecule has 2 nitrogen and oxygen atoms in total. The number of halogens is 1. The molecule has 1 rings (SSSR count). The van der Waals surface area contributed by atoms with Crippen LogP contribution in [-0.4, -0.2) is 16.0 Å². The third-order valence-electron chi connectivity index (χ3n) is 2.93. The number of hydrogen-bond acceptors (Lipinski definition) is 1. The SMILES string of the molecule is Cc1nn(CC(C)F)c(C)c1CCC(C)C. The molecule has 0 aliphatic rings. The Bertz CT molecular complexity index is 340. The van der Waals surface area contributed by atoms with E-state index < -0.39 is 6.17 Å². The molecule has 0 N–H and O–H groups in total. The van der Waals surface area contributed by atoms with Crippen LogP contribution in [0, 0.1) is 19.8 Å². The lowest BCUT2D eigenvalue weighted by Crippen LogP contribution is -2.11. The van der Waals surface area contributed by atoms with Gasteiger partial charge in [-0.2, -0.15) is 5.10 Å². The molecule has 0 amide bonds. The van der Waals surface area contributed by atoms with E-state index in [9.17, 15) is 4.39 Å². The number of rotatable bonds is 5. The number of aromatic nitrogens is 2. The van der Waals surface area contributed by atoms with Crippen LogP contribution >= 0.6 is 0 Å². The Kier molecular flexibility index (Phi) is 4.51. The van der Waals surface area contributed by atoms with E-state index in [-0.39, 0.29) is 0 Å². The third kappa shape index (κ3) is 3.32. The average Bonchev–Trinajstić information content (AvgIpc) is 2.39. The van der Waals surface area contributed by atoms with Gasteiger partial charge in [0.15, 0.2) is 0 Å². The molecule has 0 fully saturated rings. The molecule has 0 saturated heterocycles. The largest absolute Gasteiger partial charge is 0.266 e. The fourth-order valence-electron chi connectivity index (χ4n) is 1.94. The van der Waals surface area contributed by atoms with Crippen LogP contribution in [0.2, 0.25) is 0 Å². The van der Waals surface area contributed by atoms with Crippen molar-refractivity contribution in [3.05, 3.63) is 17.0 Å². The van der Waals surface area contributed by atoms with E-state index >= 15 is 0 Å². The van der Waals surface area contributed by atoms with Gasteiger partial charge < -0.3 is 0 Å². The van der Waals surface area contributed by atoms with Crippen molar-refractivity contribution in [1.82, 2.24) is 9.78 Å². The summed E-state index contributed by atoms with van der Waals surface area (Å²) in [5.41, 5.74) is 3.48. The second-order valence-electron chi connectivity index (χ2n) is 5.04. The van der Waals surface area contributed by atoms with Gasteiger partial charge >= 0.3 is 0 Å².